The van der Waals surface area contributed by atoms with Crippen molar-refractivity contribution in [3.63, 3.8) is 0 Å². The fraction of sp³-hybridized carbons (Fsp3) is 0.520. The van der Waals surface area contributed by atoms with Crippen LogP contribution in [0.2, 0.25) is 0 Å². The van der Waals surface area contributed by atoms with Crippen LogP contribution in [0.5, 0.6) is 5.75 Å². The molecule has 3 aromatic rings. The predicted molar refractivity (Wildman–Crippen MR) is 124 cm³/mol. The molecule has 2 aromatic heterocycles. The first-order valence-corrected chi connectivity index (χ1v) is 11.8. The molecule has 2 fully saturated rings. The summed E-state index contributed by atoms with van der Waals surface area (Å²) in [5.74, 6) is 2.50. The normalized spacial score (nSPS) is 28.3. The minimum absolute atomic E-state index is 0.0641. The average molecular weight is 434 g/mol. The Balaban J connectivity index is 1.39. The SMILES string of the molecule is Cc1ccc2c(c1)OC[C@@H](N1C[C@@H](C)O[C@@H](C)C1)[C@@H]2Nc1ncnc2[nH]c(C3CC3)cc12. The van der Waals surface area contributed by atoms with Crippen LogP contribution in [0.1, 0.15) is 55.5 Å². The summed E-state index contributed by atoms with van der Waals surface area (Å²) in [6, 6.07) is 8.99. The summed E-state index contributed by atoms with van der Waals surface area (Å²) in [5, 5.41) is 4.88. The number of ether oxygens (including phenoxy) is 2. The summed E-state index contributed by atoms with van der Waals surface area (Å²) in [5.41, 5.74) is 4.58. The zero-order chi connectivity index (χ0) is 21.8. The topological polar surface area (TPSA) is 75.3 Å². The van der Waals surface area contributed by atoms with Crippen LogP contribution in [0.4, 0.5) is 5.82 Å². The van der Waals surface area contributed by atoms with Gasteiger partial charge in [0.2, 0.25) is 0 Å². The number of hydrogen-bond acceptors (Lipinski definition) is 6. The Morgan fingerprint density at radius 1 is 1.09 bits per heavy atom. The number of fused-ring (bicyclic) bond motifs is 2. The number of anilines is 1. The predicted octanol–water partition coefficient (Wildman–Crippen LogP) is 4.17. The molecule has 4 atom stereocenters. The number of rotatable bonds is 4. The highest BCUT2D eigenvalue weighted by molar-refractivity contribution is 5.88. The highest BCUT2D eigenvalue weighted by Gasteiger charge is 2.38. The summed E-state index contributed by atoms with van der Waals surface area (Å²) in [6.45, 7) is 8.84. The zero-order valence-electron chi connectivity index (χ0n) is 19.0. The van der Waals surface area contributed by atoms with Gasteiger partial charge in [-0.05, 0) is 57.2 Å². The van der Waals surface area contributed by atoms with Gasteiger partial charge >= 0.3 is 0 Å². The van der Waals surface area contributed by atoms with E-state index >= 15 is 0 Å². The van der Waals surface area contributed by atoms with E-state index in [1.807, 2.05) is 0 Å². The van der Waals surface area contributed by atoms with Crippen molar-refractivity contribution in [2.24, 2.45) is 0 Å². The van der Waals surface area contributed by atoms with E-state index in [-0.39, 0.29) is 24.3 Å². The van der Waals surface area contributed by atoms with Gasteiger partial charge in [-0.1, -0.05) is 12.1 Å². The number of aromatic amines is 1. The molecule has 32 heavy (non-hydrogen) atoms. The Morgan fingerprint density at radius 3 is 2.69 bits per heavy atom. The summed E-state index contributed by atoms with van der Waals surface area (Å²) in [4.78, 5) is 15.2. The fourth-order valence-electron chi connectivity index (χ4n) is 5.32. The molecule has 7 nitrogen and oxygen atoms in total. The highest BCUT2D eigenvalue weighted by atomic mass is 16.5. The van der Waals surface area contributed by atoms with E-state index in [0.29, 0.717) is 12.5 Å². The first kappa shape index (κ1) is 20.0. The lowest BCUT2D eigenvalue weighted by atomic mass is 9.93. The Morgan fingerprint density at radius 2 is 1.91 bits per heavy atom. The molecule has 1 aliphatic carbocycles. The number of nitrogens with one attached hydrogen (secondary N) is 2. The van der Waals surface area contributed by atoms with Gasteiger partial charge in [0, 0.05) is 24.3 Å². The average Bonchev–Trinajstić information content (AvgIpc) is 3.52. The van der Waals surface area contributed by atoms with Gasteiger partial charge in [0.1, 0.15) is 30.1 Å². The first-order valence-electron chi connectivity index (χ1n) is 11.8. The van der Waals surface area contributed by atoms with E-state index in [9.17, 15) is 0 Å². The molecule has 0 amide bonds. The van der Waals surface area contributed by atoms with Crippen molar-refractivity contribution in [3.05, 3.63) is 47.4 Å². The number of benzene rings is 1. The first-order chi connectivity index (χ1) is 15.5. The fourth-order valence-corrected chi connectivity index (χ4v) is 5.32. The Hall–Kier alpha value is -2.64. The molecule has 6 rings (SSSR count). The number of hydrogen-bond donors (Lipinski definition) is 2. The van der Waals surface area contributed by atoms with Crippen molar-refractivity contribution in [2.45, 2.75) is 63.8 Å². The molecule has 1 aromatic carbocycles. The van der Waals surface area contributed by atoms with Crippen molar-refractivity contribution in [1.29, 1.82) is 0 Å². The van der Waals surface area contributed by atoms with Crippen LogP contribution in [0.25, 0.3) is 11.0 Å². The van der Waals surface area contributed by atoms with Crippen molar-refractivity contribution < 1.29 is 9.47 Å². The number of H-pyrrole nitrogens is 1. The standard InChI is InChI=1S/C25H31N5O2/c1-14-4-7-18-22(8-14)31-12-21(30-10-15(2)32-16(3)11-30)23(18)29-25-19-9-20(17-5-6-17)28-24(19)26-13-27-25/h4,7-9,13,15-17,21,23H,5-6,10-12H2,1-3H3,(H2,26,27,28,29)/t15-,16+,21-,23-/m1/s1. The van der Waals surface area contributed by atoms with Crippen molar-refractivity contribution in [3.8, 4) is 5.75 Å². The molecule has 0 radical (unpaired) electrons. The smallest absolute Gasteiger partial charge is 0.143 e. The van der Waals surface area contributed by atoms with Gasteiger partial charge in [0.05, 0.1) is 29.7 Å². The second-order valence-electron chi connectivity index (χ2n) is 9.74. The molecule has 2 N–H and O–H groups in total. The Kier molecular flexibility index (Phi) is 4.84. The maximum atomic E-state index is 6.28. The van der Waals surface area contributed by atoms with E-state index in [1.165, 1.54) is 29.7 Å². The van der Waals surface area contributed by atoms with Crippen molar-refractivity contribution in [1.82, 2.24) is 19.9 Å². The molecular formula is C25H31N5O2. The zero-order valence-corrected chi connectivity index (χ0v) is 19.0. The third kappa shape index (κ3) is 3.63. The maximum Gasteiger partial charge on any atom is 0.143 e. The maximum absolute atomic E-state index is 6.28. The molecule has 2 aliphatic heterocycles. The molecule has 0 spiro atoms. The van der Waals surface area contributed by atoms with Crippen molar-refractivity contribution in [2.75, 3.05) is 25.0 Å². The number of aromatic nitrogens is 3. The molecule has 1 saturated carbocycles. The van der Waals surface area contributed by atoms with Crippen LogP contribution in [0.3, 0.4) is 0 Å². The van der Waals surface area contributed by atoms with E-state index in [0.717, 1.165) is 35.7 Å². The van der Waals surface area contributed by atoms with Crippen LogP contribution in [-0.4, -0.2) is 57.8 Å². The highest BCUT2D eigenvalue weighted by Crippen LogP contribution is 2.42. The van der Waals surface area contributed by atoms with Crippen LogP contribution >= 0.6 is 0 Å². The summed E-state index contributed by atoms with van der Waals surface area (Å²) < 4.78 is 12.3. The second kappa shape index (κ2) is 7.74. The lowest BCUT2D eigenvalue weighted by Gasteiger charge is -2.45. The van der Waals surface area contributed by atoms with Crippen LogP contribution in [-0.2, 0) is 4.74 Å². The van der Waals surface area contributed by atoms with E-state index in [2.05, 4.69) is 70.2 Å². The van der Waals surface area contributed by atoms with Gasteiger partial charge in [0.15, 0.2) is 0 Å². The van der Waals surface area contributed by atoms with Gasteiger partial charge in [0.25, 0.3) is 0 Å². The lowest BCUT2D eigenvalue weighted by Crippen LogP contribution is -2.56. The molecule has 0 bridgehead atoms. The van der Waals surface area contributed by atoms with Gasteiger partial charge in [-0.25, -0.2) is 9.97 Å². The molecule has 7 heteroatoms. The quantitative estimate of drug-likeness (QED) is 0.643. The number of morpholine rings is 1. The van der Waals surface area contributed by atoms with Crippen LogP contribution in [0.15, 0.2) is 30.6 Å². The van der Waals surface area contributed by atoms with Gasteiger partial charge in [-0.2, -0.15) is 0 Å². The lowest BCUT2D eigenvalue weighted by molar-refractivity contribution is -0.0886. The molecule has 168 valence electrons. The molecular weight excluding hydrogens is 402 g/mol. The van der Waals surface area contributed by atoms with E-state index in [1.54, 1.807) is 6.33 Å². The van der Waals surface area contributed by atoms with Crippen LogP contribution < -0.4 is 10.1 Å². The minimum Gasteiger partial charge on any atom is -0.491 e. The summed E-state index contributed by atoms with van der Waals surface area (Å²) in [7, 11) is 0. The third-order valence-corrected chi connectivity index (χ3v) is 6.97. The number of aryl methyl sites for hydroxylation is 1. The largest absolute Gasteiger partial charge is 0.491 e. The van der Waals surface area contributed by atoms with E-state index < -0.39 is 0 Å². The molecule has 4 heterocycles. The summed E-state index contributed by atoms with van der Waals surface area (Å²) in [6.07, 6.45) is 4.57. The monoisotopic (exact) mass is 433 g/mol. The van der Waals surface area contributed by atoms with Crippen LogP contribution in [0, 0.1) is 6.92 Å². The Bertz CT molecular complexity index is 1130. The van der Waals surface area contributed by atoms with Crippen molar-refractivity contribution >= 4 is 16.9 Å². The van der Waals surface area contributed by atoms with E-state index in [4.69, 9.17) is 9.47 Å². The second-order valence-corrected chi connectivity index (χ2v) is 9.74. The minimum atomic E-state index is 0.0641. The third-order valence-electron chi connectivity index (χ3n) is 6.97. The molecule has 1 saturated heterocycles. The van der Waals surface area contributed by atoms with Gasteiger partial charge < -0.3 is 19.8 Å². The number of nitrogens with zero attached hydrogens (tertiary/aromatic N) is 3. The molecule has 0 unspecified atom stereocenters. The molecule has 3 aliphatic rings. The summed E-state index contributed by atoms with van der Waals surface area (Å²) >= 11 is 0. The van der Waals surface area contributed by atoms with Gasteiger partial charge in [-0.3, -0.25) is 4.90 Å². The Labute approximate surface area is 188 Å². The van der Waals surface area contributed by atoms with Gasteiger partial charge in [-0.15, -0.1) is 0 Å².